The van der Waals surface area contributed by atoms with Crippen LogP contribution in [0, 0.1) is 6.92 Å². The van der Waals surface area contributed by atoms with Crippen molar-refractivity contribution in [3.63, 3.8) is 0 Å². The highest BCUT2D eigenvalue weighted by Crippen LogP contribution is 2.38. The van der Waals surface area contributed by atoms with Crippen LogP contribution >= 0.6 is 47.2 Å². The van der Waals surface area contributed by atoms with E-state index in [1.54, 1.807) is 55.1 Å². The smallest absolute Gasteiger partial charge is 0.296 e. The second-order valence-corrected chi connectivity index (χ2v) is 10.3. The Balaban J connectivity index is 1.50. The molecule has 0 aliphatic carbocycles. The number of hydrogen-bond acceptors (Lipinski definition) is 5. The average Bonchev–Trinajstić information content (AvgIpc) is 3.47. The number of nitrogens with zero attached hydrogens (tertiary/aromatic N) is 3. The zero-order valence-corrected chi connectivity index (χ0v) is 21.6. The molecule has 0 saturated carbocycles. The summed E-state index contributed by atoms with van der Waals surface area (Å²) in [6, 6.07) is 17.8. The summed E-state index contributed by atoms with van der Waals surface area (Å²) >= 11 is 19.0. The van der Waals surface area contributed by atoms with Crippen molar-refractivity contribution in [2.24, 2.45) is 7.05 Å². The van der Waals surface area contributed by atoms with Gasteiger partial charge in [-0.1, -0.05) is 65.4 Å². The minimum Gasteiger partial charge on any atom is -0.457 e. The number of aromatic nitrogens is 2. The minimum absolute atomic E-state index is 0.230. The zero-order valence-electron chi connectivity index (χ0n) is 18.5. The van der Waals surface area contributed by atoms with Gasteiger partial charge in [-0.05, 0) is 49.4 Å². The van der Waals surface area contributed by atoms with E-state index < -0.39 is 0 Å². The topological polar surface area (TPSA) is 60.4 Å². The fourth-order valence-corrected chi connectivity index (χ4v) is 5.50. The van der Waals surface area contributed by atoms with Crippen molar-refractivity contribution in [3.05, 3.63) is 97.4 Å². The molecule has 1 aliphatic rings. The summed E-state index contributed by atoms with van der Waals surface area (Å²) in [7, 11) is 1.77. The molecule has 0 bridgehead atoms. The van der Waals surface area contributed by atoms with Crippen LogP contribution in [0.3, 0.4) is 0 Å². The highest BCUT2D eigenvalue weighted by molar-refractivity contribution is 8.27. The van der Waals surface area contributed by atoms with Gasteiger partial charge in [0.05, 0.1) is 21.3 Å². The van der Waals surface area contributed by atoms with Crippen molar-refractivity contribution in [1.82, 2.24) is 9.36 Å². The van der Waals surface area contributed by atoms with Crippen molar-refractivity contribution in [2.75, 3.05) is 4.90 Å². The molecule has 2 aromatic heterocycles. The summed E-state index contributed by atoms with van der Waals surface area (Å²) in [6.07, 6.45) is 1.61. The molecule has 1 aliphatic heterocycles. The minimum atomic E-state index is -0.384. The third-order valence-corrected chi connectivity index (χ3v) is 7.50. The van der Waals surface area contributed by atoms with E-state index >= 15 is 0 Å². The lowest BCUT2D eigenvalue weighted by molar-refractivity contribution is -0.113. The zero-order chi connectivity index (χ0) is 24.9. The number of hydrogen-bond donors (Lipinski definition) is 0. The van der Waals surface area contributed by atoms with Crippen LogP contribution in [0.2, 0.25) is 10.0 Å². The number of carbonyl (C=O) groups is 1. The van der Waals surface area contributed by atoms with Gasteiger partial charge in [0.15, 0.2) is 4.32 Å². The molecule has 5 rings (SSSR count). The standard InChI is InChI=1S/C25H17Cl2N3O3S2/c1-14-22(24(32)30(28(14)2)16-6-4-3-5-7-16)29-23(31)21(35-25(29)34)13-17-9-11-20(33-17)18-12-15(26)8-10-19(18)27/h3-13H,1-2H3/b21-13-. The Kier molecular flexibility index (Phi) is 6.23. The van der Waals surface area contributed by atoms with Crippen LogP contribution in [-0.4, -0.2) is 19.6 Å². The van der Waals surface area contributed by atoms with Crippen LogP contribution < -0.4 is 10.5 Å². The summed E-state index contributed by atoms with van der Waals surface area (Å²) in [5.41, 5.74) is 1.86. The van der Waals surface area contributed by atoms with Gasteiger partial charge in [0.1, 0.15) is 17.2 Å². The quantitative estimate of drug-likeness (QED) is 0.219. The molecule has 4 aromatic rings. The maximum Gasteiger partial charge on any atom is 0.296 e. The molecule has 6 nitrogen and oxygen atoms in total. The van der Waals surface area contributed by atoms with Crippen molar-refractivity contribution in [3.8, 4) is 17.0 Å². The predicted molar refractivity (Wildman–Crippen MR) is 146 cm³/mol. The van der Waals surface area contributed by atoms with Crippen LogP contribution in [0.4, 0.5) is 5.69 Å². The highest BCUT2D eigenvalue weighted by atomic mass is 35.5. The van der Waals surface area contributed by atoms with E-state index in [1.807, 2.05) is 30.3 Å². The van der Waals surface area contributed by atoms with Crippen LogP contribution in [0.5, 0.6) is 0 Å². The third kappa shape index (κ3) is 4.16. The second-order valence-electron chi connectivity index (χ2n) is 7.75. The van der Waals surface area contributed by atoms with Gasteiger partial charge in [-0.25, -0.2) is 4.68 Å². The van der Waals surface area contributed by atoms with Crippen molar-refractivity contribution < 1.29 is 9.21 Å². The Morgan fingerprint density at radius 1 is 1.03 bits per heavy atom. The van der Waals surface area contributed by atoms with Crippen LogP contribution in [-0.2, 0) is 11.8 Å². The second kappa shape index (κ2) is 9.20. The van der Waals surface area contributed by atoms with Gasteiger partial charge in [-0.15, -0.1) is 0 Å². The first-order valence-electron chi connectivity index (χ1n) is 10.4. The number of thioether (sulfide) groups is 1. The number of para-hydroxylation sites is 1. The maximum absolute atomic E-state index is 13.4. The lowest BCUT2D eigenvalue weighted by atomic mass is 10.2. The summed E-state index contributed by atoms with van der Waals surface area (Å²) in [6.45, 7) is 1.78. The number of halogens is 2. The van der Waals surface area contributed by atoms with E-state index in [9.17, 15) is 9.59 Å². The molecule has 35 heavy (non-hydrogen) atoms. The van der Waals surface area contributed by atoms with Gasteiger partial charge in [0.2, 0.25) is 0 Å². The van der Waals surface area contributed by atoms with E-state index in [2.05, 4.69) is 0 Å². The lowest BCUT2D eigenvalue weighted by Crippen LogP contribution is -2.33. The van der Waals surface area contributed by atoms with E-state index in [0.29, 0.717) is 43.4 Å². The first-order chi connectivity index (χ1) is 16.8. The number of thiocarbonyl (C=S) groups is 1. The molecule has 10 heteroatoms. The van der Waals surface area contributed by atoms with Crippen molar-refractivity contribution in [1.29, 1.82) is 0 Å². The summed E-state index contributed by atoms with van der Waals surface area (Å²) < 4.78 is 9.40. The van der Waals surface area contributed by atoms with Gasteiger partial charge < -0.3 is 4.42 Å². The predicted octanol–water partition coefficient (Wildman–Crippen LogP) is 6.46. The van der Waals surface area contributed by atoms with Gasteiger partial charge in [0.25, 0.3) is 11.5 Å². The molecule has 0 spiro atoms. The average molecular weight is 542 g/mol. The number of rotatable bonds is 4. The lowest BCUT2D eigenvalue weighted by Gasteiger charge is -2.12. The Morgan fingerprint density at radius 2 is 1.77 bits per heavy atom. The van der Waals surface area contributed by atoms with Crippen LogP contribution in [0.25, 0.3) is 23.1 Å². The molecule has 2 aromatic carbocycles. The van der Waals surface area contributed by atoms with E-state index in [1.165, 1.54) is 9.58 Å². The molecule has 1 saturated heterocycles. The van der Waals surface area contributed by atoms with E-state index in [4.69, 9.17) is 39.8 Å². The molecule has 0 N–H and O–H groups in total. The summed E-state index contributed by atoms with van der Waals surface area (Å²) in [5.74, 6) is 0.580. The Bertz CT molecular complexity index is 1590. The molecule has 3 heterocycles. The largest absolute Gasteiger partial charge is 0.457 e. The third-order valence-electron chi connectivity index (χ3n) is 5.64. The molecule has 0 unspecified atom stereocenters. The molecular formula is C25H17Cl2N3O3S2. The van der Waals surface area contributed by atoms with Crippen LogP contribution in [0.15, 0.2) is 74.8 Å². The fourth-order valence-electron chi connectivity index (χ4n) is 3.86. The molecule has 0 radical (unpaired) electrons. The van der Waals surface area contributed by atoms with E-state index in [0.717, 1.165) is 11.8 Å². The number of anilines is 1. The monoisotopic (exact) mass is 541 g/mol. The number of amides is 1. The SMILES string of the molecule is Cc1c(N2C(=O)/C(=C/c3ccc(-c4cc(Cl)ccc4Cl)o3)SC2=S)c(=O)n(-c2ccccc2)n1C. The molecule has 1 amide bonds. The Labute approximate surface area is 220 Å². The Hall–Kier alpha value is -3.04. The Morgan fingerprint density at radius 3 is 2.51 bits per heavy atom. The van der Waals surface area contributed by atoms with Gasteiger partial charge in [-0.3, -0.25) is 19.2 Å². The first-order valence-corrected chi connectivity index (χ1v) is 12.4. The molecule has 1 fully saturated rings. The van der Waals surface area contributed by atoms with Crippen molar-refractivity contribution in [2.45, 2.75) is 6.92 Å². The molecule has 176 valence electrons. The first kappa shape index (κ1) is 23.7. The maximum atomic E-state index is 13.4. The summed E-state index contributed by atoms with van der Waals surface area (Å²) in [5, 5.41) is 1.03. The summed E-state index contributed by atoms with van der Waals surface area (Å²) in [4.78, 5) is 28.4. The van der Waals surface area contributed by atoms with E-state index in [-0.39, 0.29) is 21.5 Å². The van der Waals surface area contributed by atoms with Crippen molar-refractivity contribution >= 4 is 69.2 Å². The molecule has 0 atom stereocenters. The van der Waals surface area contributed by atoms with Gasteiger partial charge in [-0.2, -0.15) is 0 Å². The number of benzene rings is 2. The normalized spacial score (nSPS) is 15.0. The number of furan rings is 1. The molecular weight excluding hydrogens is 525 g/mol. The fraction of sp³-hybridized carbons (Fsp3) is 0.0800. The van der Waals surface area contributed by atoms with Gasteiger partial charge in [0, 0.05) is 23.7 Å². The van der Waals surface area contributed by atoms with Gasteiger partial charge >= 0.3 is 0 Å². The van der Waals surface area contributed by atoms with Crippen LogP contribution in [0.1, 0.15) is 11.5 Å². The number of carbonyl (C=O) groups excluding carboxylic acids is 1. The highest BCUT2D eigenvalue weighted by Gasteiger charge is 2.38.